The van der Waals surface area contributed by atoms with Crippen LogP contribution in [0.25, 0.3) is 0 Å². The van der Waals surface area contributed by atoms with Crippen molar-refractivity contribution in [1.29, 1.82) is 0 Å². The predicted octanol–water partition coefficient (Wildman–Crippen LogP) is 3.38. The van der Waals surface area contributed by atoms with Gasteiger partial charge in [-0.2, -0.15) is 0 Å². The van der Waals surface area contributed by atoms with Gasteiger partial charge in [0.25, 0.3) is 0 Å². The first-order chi connectivity index (χ1) is 8.93. The number of aromatic nitrogens is 1. The average molecular weight is 283 g/mol. The van der Waals surface area contributed by atoms with Gasteiger partial charge in [-0.25, -0.2) is 4.98 Å². The number of hydrogen-bond acceptors (Lipinski definition) is 4. The van der Waals surface area contributed by atoms with E-state index in [1.807, 2.05) is 5.51 Å². The van der Waals surface area contributed by atoms with Crippen molar-refractivity contribution in [2.45, 2.75) is 53.1 Å². The van der Waals surface area contributed by atoms with E-state index in [0.717, 1.165) is 19.6 Å². The molecule has 1 rings (SSSR count). The summed E-state index contributed by atoms with van der Waals surface area (Å²) in [5.41, 5.74) is 3.40. The second kappa shape index (κ2) is 7.98. The van der Waals surface area contributed by atoms with Gasteiger partial charge >= 0.3 is 0 Å². The van der Waals surface area contributed by atoms with E-state index < -0.39 is 0 Å². The van der Waals surface area contributed by atoms with Gasteiger partial charge in [0.2, 0.25) is 0 Å². The van der Waals surface area contributed by atoms with Crippen LogP contribution >= 0.6 is 11.3 Å². The fourth-order valence-electron chi connectivity index (χ4n) is 2.18. The Morgan fingerprint density at radius 1 is 1.42 bits per heavy atom. The summed E-state index contributed by atoms with van der Waals surface area (Å²) in [6.07, 6.45) is 2.38. The Bertz CT molecular complexity index is 330. The Balaban J connectivity index is 2.38. The molecule has 0 radical (unpaired) electrons. The number of thiazole rings is 1. The van der Waals surface area contributed by atoms with Crippen LogP contribution in [0.3, 0.4) is 0 Å². The number of rotatable bonds is 8. The van der Waals surface area contributed by atoms with Gasteiger partial charge in [-0.15, -0.1) is 11.3 Å². The fraction of sp³-hybridized carbons (Fsp3) is 0.800. The Morgan fingerprint density at radius 3 is 2.68 bits per heavy atom. The minimum absolute atomic E-state index is 0.316. The van der Waals surface area contributed by atoms with Crippen molar-refractivity contribution < 1.29 is 0 Å². The second-order valence-corrected chi connectivity index (χ2v) is 7.10. The van der Waals surface area contributed by atoms with E-state index in [2.05, 4.69) is 55.3 Å². The smallest absolute Gasteiger partial charge is 0.0795 e. The van der Waals surface area contributed by atoms with Gasteiger partial charge in [0.05, 0.1) is 11.2 Å². The van der Waals surface area contributed by atoms with Crippen LogP contribution in [0.1, 0.15) is 46.2 Å². The Hall–Kier alpha value is -0.450. The van der Waals surface area contributed by atoms with Gasteiger partial charge < -0.3 is 10.2 Å². The van der Waals surface area contributed by atoms with Gasteiger partial charge in [0.1, 0.15) is 0 Å². The lowest BCUT2D eigenvalue weighted by molar-refractivity contribution is 0.218. The van der Waals surface area contributed by atoms with E-state index >= 15 is 0 Å². The third kappa shape index (κ3) is 6.50. The van der Waals surface area contributed by atoms with E-state index in [4.69, 9.17) is 0 Å². The number of nitrogens with zero attached hydrogens (tertiary/aromatic N) is 2. The molecule has 19 heavy (non-hydrogen) atoms. The summed E-state index contributed by atoms with van der Waals surface area (Å²) in [6.45, 7) is 12.4. The molecule has 1 unspecified atom stereocenters. The van der Waals surface area contributed by atoms with E-state index in [-0.39, 0.29) is 0 Å². The molecular formula is C15H29N3S. The molecule has 0 saturated carbocycles. The molecule has 1 heterocycles. The standard InChI is InChI=1S/C15H29N3S/c1-6-8-16-14(15(2,3)4)7-9-18(5)10-13-11-19-12-17-13/h11-12,14,16H,6-10H2,1-5H3. The van der Waals surface area contributed by atoms with Crippen molar-refractivity contribution in [2.24, 2.45) is 5.41 Å². The van der Waals surface area contributed by atoms with Crippen LogP contribution in [-0.4, -0.2) is 36.1 Å². The highest BCUT2D eigenvalue weighted by molar-refractivity contribution is 7.07. The maximum Gasteiger partial charge on any atom is 0.0795 e. The minimum atomic E-state index is 0.316. The lowest BCUT2D eigenvalue weighted by Gasteiger charge is -2.33. The molecule has 0 bridgehead atoms. The predicted molar refractivity (Wildman–Crippen MR) is 84.6 cm³/mol. The SMILES string of the molecule is CCCNC(CCN(C)Cc1cscn1)C(C)(C)C. The van der Waals surface area contributed by atoms with Crippen LogP contribution in [0.2, 0.25) is 0 Å². The average Bonchev–Trinajstić information content (AvgIpc) is 2.80. The van der Waals surface area contributed by atoms with Crippen molar-refractivity contribution >= 4 is 11.3 Å². The van der Waals surface area contributed by atoms with Gasteiger partial charge in [-0.3, -0.25) is 0 Å². The molecule has 0 aliphatic heterocycles. The van der Waals surface area contributed by atoms with Crippen LogP contribution in [0, 0.1) is 5.41 Å². The molecule has 1 N–H and O–H groups in total. The highest BCUT2D eigenvalue weighted by Crippen LogP contribution is 2.22. The highest BCUT2D eigenvalue weighted by atomic mass is 32.1. The summed E-state index contributed by atoms with van der Waals surface area (Å²) in [5.74, 6) is 0. The van der Waals surface area contributed by atoms with Crippen molar-refractivity contribution in [2.75, 3.05) is 20.1 Å². The Morgan fingerprint density at radius 2 is 2.16 bits per heavy atom. The van der Waals surface area contributed by atoms with Crippen LogP contribution in [0.5, 0.6) is 0 Å². The molecule has 1 aromatic heterocycles. The van der Waals surface area contributed by atoms with Crippen LogP contribution in [-0.2, 0) is 6.54 Å². The summed E-state index contributed by atoms with van der Waals surface area (Å²) >= 11 is 1.67. The summed E-state index contributed by atoms with van der Waals surface area (Å²) in [5, 5.41) is 5.82. The second-order valence-electron chi connectivity index (χ2n) is 6.38. The molecule has 0 fully saturated rings. The summed E-state index contributed by atoms with van der Waals surface area (Å²) in [7, 11) is 2.18. The van der Waals surface area contributed by atoms with Crippen LogP contribution in [0.4, 0.5) is 0 Å². The zero-order chi connectivity index (χ0) is 14.3. The van der Waals surface area contributed by atoms with Gasteiger partial charge in [-0.05, 0) is 38.4 Å². The first kappa shape index (κ1) is 16.6. The quantitative estimate of drug-likeness (QED) is 0.793. The molecule has 110 valence electrons. The Kier molecular flexibility index (Phi) is 6.97. The molecule has 0 aliphatic carbocycles. The molecule has 0 saturated heterocycles. The van der Waals surface area contributed by atoms with Crippen molar-refractivity contribution in [1.82, 2.24) is 15.2 Å². The van der Waals surface area contributed by atoms with E-state index in [1.165, 1.54) is 18.5 Å². The summed E-state index contributed by atoms with van der Waals surface area (Å²) < 4.78 is 0. The molecule has 1 atom stereocenters. The van der Waals surface area contributed by atoms with Crippen LogP contribution in [0.15, 0.2) is 10.9 Å². The maximum atomic E-state index is 4.34. The highest BCUT2D eigenvalue weighted by Gasteiger charge is 2.23. The molecule has 0 amide bonds. The maximum absolute atomic E-state index is 4.34. The van der Waals surface area contributed by atoms with Crippen LogP contribution < -0.4 is 5.32 Å². The third-order valence-corrected chi connectivity index (χ3v) is 4.04. The molecule has 1 aromatic rings. The molecule has 0 aromatic carbocycles. The largest absolute Gasteiger partial charge is 0.313 e. The first-order valence-electron chi connectivity index (χ1n) is 7.22. The zero-order valence-corrected chi connectivity index (χ0v) is 13.9. The van der Waals surface area contributed by atoms with Gasteiger partial charge in [0.15, 0.2) is 0 Å². The number of hydrogen-bond donors (Lipinski definition) is 1. The van der Waals surface area contributed by atoms with E-state index in [9.17, 15) is 0 Å². The van der Waals surface area contributed by atoms with Crippen molar-refractivity contribution in [3.63, 3.8) is 0 Å². The minimum Gasteiger partial charge on any atom is -0.313 e. The summed E-state index contributed by atoms with van der Waals surface area (Å²) in [6, 6.07) is 0.574. The van der Waals surface area contributed by atoms with Gasteiger partial charge in [0, 0.05) is 18.0 Å². The molecule has 0 aliphatic rings. The molecule has 0 spiro atoms. The third-order valence-electron chi connectivity index (χ3n) is 3.40. The summed E-state index contributed by atoms with van der Waals surface area (Å²) in [4.78, 5) is 6.71. The molecule has 4 heteroatoms. The van der Waals surface area contributed by atoms with Crippen molar-refractivity contribution in [3.8, 4) is 0 Å². The van der Waals surface area contributed by atoms with Gasteiger partial charge in [-0.1, -0.05) is 27.7 Å². The van der Waals surface area contributed by atoms with E-state index in [1.54, 1.807) is 11.3 Å². The fourth-order valence-corrected chi connectivity index (χ4v) is 2.73. The first-order valence-corrected chi connectivity index (χ1v) is 8.16. The van der Waals surface area contributed by atoms with E-state index in [0.29, 0.717) is 11.5 Å². The molecular weight excluding hydrogens is 254 g/mol. The monoisotopic (exact) mass is 283 g/mol. The topological polar surface area (TPSA) is 28.2 Å². The lowest BCUT2D eigenvalue weighted by Crippen LogP contribution is -2.42. The zero-order valence-electron chi connectivity index (χ0n) is 13.1. The van der Waals surface area contributed by atoms with Crippen molar-refractivity contribution in [3.05, 3.63) is 16.6 Å². The Labute approximate surface area is 122 Å². The normalized spacial score (nSPS) is 14.0. The lowest BCUT2D eigenvalue weighted by atomic mass is 9.84. The molecule has 3 nitrogen and oxygen atoms in total. The number of nitrogens with one attached hydrogen (secondary N) is 1.